The molecule has 0 bridgehead atoms. The van der Waals surface area contributed by atoms with Gasteiger partial charge in [0.2, 0.25) is 5.89 Å². The first-order chi connectivity index (χ1) is 9.50. The fourth-order valence-electron chi connectivity index (χ4n) is 3.17. The molecule has 1 aromatic rings. The molecule has 1 heterocycles. The summed E-state index contributed by atoms with van der Waals surface area (Å²) >= 11 is 0. The summed E-state index contributed by atoms with van der Waals surface area (Å²) in [6.45, 7) is 8.05. The Morgan fingerprint density at radius 1 is 1.20 bits per heavy atom. The molecule has 0 saturated heterocycles. The first kappa shape index (κ1) is 15.5. The van der Waals surface area contributed by atoms with Gasteiger partial charge in [-0.2, -0.15) is 4.98 Å². The van der Waals surface area contributed by atoms with Crippen LogP contribution in [0.5, 0.6) is 0 Å². The van der Waals surface area contributed by atoms with E-state index in [4.69, 9.17) is 4.52 Å². The number of rotatable bonds is 5. The van der Waals surface area contributed by atoms with Gasteiger partial charge < -0.3 is 9.84 Å². The molecule has 1 aliphatic rings. The molecule has 0 aliphatic heterocycles. The van der Waals surface area contributed by atoms with Crippen LogP contribution in [-0.4, -0.2) is 23.7 Å². The van der Waals surface area contributed by atoms with Crippen molar-refractivity contribution in [1.82, 2.24) is 15.5 Å². The van der Waals surface area contributed by atoms with Gasteiger partial charge in [0.05, 0.1) is 0 Å². The maximum atomic E-state index is 5.37. The molecule has 1 aliphatic carbocycles. The van der Waals surface area contributed by atoms with Crippen LogP contribution in [0, 0.1) is 11.3 Å². The van der Waals surface area contributed by atoms with Crippen LogP contribution in [0.3, 0.4) is 0 Å². The molecular formula is C16H29N3O. The van der Waals surface area contributed by atoms with Crippen LogP contribution >= 0.6 is 0 Å². The Bertz CT molecular complexity index is 400. The second-order valence-electron chi connectivity index (χ2n) is 7.17. The zero-order valence-corrected chi connectivity index (χ0v) is 13.4. The monoisotopic (exact) mass is 279 g/mol. The third kappa shape index (κ3) is 4.05. The highest BCUT2D eigenvalue weighted by molar-refractivity contribution is 4.98. The van der Waals surface area contributed by atoms with E-state index in [2.05, 4.69) is 36.2 Å². The number of hydrogen-bond acceptors (Lipinski definition) is 4. The van der Waals surface area contributed by atoms with Gasteiger partial charge in [0.15, 0.2) is 5.82 Å². The Balaban J connectivity index is 1.84. The van der Waals surface area contributed by atoms with Gasteiger partial charge in [0.1, 0.15) is 0 Å². The minimum absolute atomic E-state index is 0.431. The van der Waals surface area contributed by atoms with E-state index in [9.17, 15) is 0 Å². The second-order valence-corrected chi connectivity index (χ2v) is 7.17. The predicted octanol–water partition coefficient (Wildman–Crippen LogP) is 3.54. The van der Waals surface area contributed by atoms with Gasteiger partial charge in [-0.3, -0.25) is 0 Å². The molecular weight excluding hydrogens is 250 g/mol. The van der Waals surface area contributed by atoms with Crippen LogP contribution in [0.1, 0.15) is 70.5 Å². The lowest BCUT2D eigenvalue weighted by atomic mass is 9.70. The Labute approximate surface area is 122 Å². The van der Waals surface area contributed by atoms with Crippen molar-refractivity contribution in [3.8, 4) is 0 Å². The third-order valence-corrected chi connectivity index (χ3v) is 4.62. The fourth-order valence-corrected chi connectivity index (χ4v) is 3.17. The molecule has 0 radical (unpaired) electrons. The fraction of sp³-hybridized carbons (Fsp3) is 0.875. The van der Waals surface area contributed by atoms with Gasteiger partial charge in [0, 0.05) is 12.3 Å². The van der Waals surface area contributed by atoms with Crippen molar-refractivity contribution in [1.29, 1.82) is 0 Å². The van der Waals surface area contributed by atoms with Crippen LogP contribution in [-0.2, 0) is 6.42 Å². The Kier molecular flexibility index (Phi) is 5.19. The molecule has 0 unspecified atom stereocenters. The van der Waals surface area contributed by atoms with Crippen molar-refractivity contribution in [2.45, 2.75) is 65.2 Å². The average Bonchev–Trinajstić information content (AvgIpc) is 2.87. The van der Waals surface area contributed by atoms with Gasteiger partial charge in [-0.05, 0) is 57.0 Å². The normalized spacial score (nSPS) is 24.0. The van der Waals surface area contributed by atoms with Crippen molar-refractivity contribution < 1.29 is 4.52 Å². The van der Waals surface area contributed by atoms with Gasteiger partial charge in [-0.25, -0.2) is 0 Å². The second kappa shape index (κ2) is 6.70. The first-order valence-corrected chi connectivity index (χ1v) is 7.97. The van der Waals surface area contributed by atoms with Crippen molar-refractivity contribution in [2.24, 2.45) is 11.3 Å². The number of nitrogens with one attached hydrogen (secondary N) is 1. The van der Waals surface area contributed by atoms with Crippen molar-refractivity contribution in [3.05, 3.63) is 11.7 Å². The summed E-state index contributed by atoms with van der Waals surface area (Å²) in [7, 11) is 1.97. The van der Waals surface area contributed by atoms with E-state index in [1.807, 2.05) is 7.05 Å². The minimum Gasteiger partial charge on any atom is -0.339 e. The molecule has 0 aromatic carbocycles. The van der Waals surface area contributed by atoms with E-state index in [-0.39, 0.29) is 0 Å². The summed E-state index contributed by atoms with van der Waals surface area (Å²) in [6, 6.07) is 0. The highest BCUT2D eigenvalue weighted by Crippen LogP contribution is 2.42. The molecule has 20 heavy (non-hydrogen) atoms. The van der Waals surface area contributed by atoms with E-state index in [1.165, 1.54) is 25.7 Å². The van der Waals surface area contributed by atoms with Gasteiger partial charge in [0.25, 0.3) is 0 Å². The SMILES string of the molecule is CNCCCc1nc(C2CCC(C(C)(C)C)CC2)no1. The molecule has 1 saturated carbocycles. The van der Waals surface area contributed by atoms with Crippen LogP contribution in [0.4, 0.5) is 0 Å². The number of hydrogen-bond donors (Lipinski definition) is 1. The molecule has 1 aromatic heterocycles. The standard InChI is InChI=1S/C16H29N3O/c1-16(2,3)13-9-7-12(8-10-13)15-18-14(20-19-15)6-5-11-17-4/h12-13,17H,5-11H2,1-4H3. The lowest BCUT2D eigenvalue weighted by molar-refractivity contribution is 0.166. The van der Waals surface area contributed by atoms with Crippen molar-refractivity contribution >= 4 is 0 Å². The Morgan fingerprint density at radius 3 is 2.50 bits per heavy atom. The average molecular weight is 279 g/mol. The molecule has 4 nitrogen and oxygen atoms in total. The van der Waals surface area contributed by atoms with Crippen LogP contribution in [0.25, 0.3) is 0 Å². The molecule has 2 rings (SSSR count). The van der Waals surface area contributed by atoms with E-state index >= 15 is 0 Å². The van der Waals surface area contributed by atoms with E-state index < -0.39 is 0 Å². The summed E-state index contributed by atoms with van der Waals surface area (Å²) in [5.74, 6) is 3.08. The Hall–Kier alpha value is -0.900. The number of nitrogens with zero attached hydrogens (tertiary/aromatic N) is 2. The topological polar surface area (TPSA) is 51.0 Å². The zero-order valence-electron chi connectivity index (χ0n) is 13.4. The van der Waals surface area contributed by atoms with Gasteiger partial charge >= 0.3 is 0 Å². The summed E-state index contributed by atoms with van der Waals surface area (Å²) in [5.41, 5.74) is 0.431. The lowest BCUT2D eigenvalue weighted by Crippen LogP contribution is -2.25. The quantitative estimate of drug-likeness (QED) is 0.838. The van der Waals surface area contributed by atoms with Gasteiger partial charge in [-0.1, -0.05) is 25.9 Å². The molecule has 114 valence electrons. The third-order valence-electron chi connectivity index (χ3n) is 4.62. The molecule has 4 heteroatoms. The van der Waals surface area contributed by atoms with E-state index in [0.717, 1.165) is 37.0 Å². The molecule has 1 N–H and O–H groups in total. The molecule has 1 fully saturated rings. The molecule has 0 spiro atoms. The van der Waals surface area contributed by atoms with E-state index in [0.29, 0.717) is 11.3 Å². The molecule has 0 atom stereocenters. The number of aromatic nitrogens is 2. The first-order valence-electron chi connectivity index (χ1n) is 7.97. The number of aryl methyl sites for hydroxylation is 1. The summed E-state index contributed by atoms with van der Waals surface area (Å²) in [6.07, 6.45) is 6.92. The van der Waals surface area contributed by atoms with Crippen LogP contribution in [0.2, 0.25) is 0 Å². The predicted molar refractivity (Wildman–Crippen MR) is 80.7 cm³/mol. The van der Waals surface area contributed by atoms with Crippen LogP contribution < -0.4 is 5.32 Å². The zero-order chi connectivity index (χ0) is 14.6. The summed E-state index contributed by atoms with van der Waals surface area (Å²) in [4.78, 5) is 4.59. The molecule has 0 amide bonds. The smallest absolute Gasteiger partial charge is 0.226 e. The van der Waals surface area contributed by atoms with E-state index in [1.54, 1.807) is 0 Å². The summed E-state index contributed by atoms with van der Waals surface area (Å²) in [5, 5.41) is 7.34. The minimum atomic E-state index is 0.431. The largest absolute Gasteiger partial charge is 0.339 e. The van der Waals surface area contributed by atoms with Gasteiger partial charge in [-0.15, -0.1) is 0 Å². The van der Waals surface area contributed by atoms with Crippen LogP contribution in [0.15, 0.2) is 4.52 Å². The summed E-state index contributed by atoms with van der Waals surface area (Å²) < 4.78 is 5.37. The van der Waals surface area contributed by atoms with Crippen molar-refractivity contribution in [2.75, 3.05) is 13.6 Å². The Morgan fingerprint density at radius 2 is 1.90 bits per heavy atom. The highest BCUT2D eigenvalue weighted by atomic mass is 16.5. The maximum absolute atomic E-state index is 5.37. The lowest BCUT2D eigenvalue weighted by Gasteiger charge is -2.36. The highest BCUT2D eigenvalue weighted by Gasteiger charge is 2.31. The maximum Gasteiger partial charge on any atom is 0.226 e. The van der Waals surface area contributed by atoms with Crippen molar-refractivity contribution in [3.63, 3.8) is 0 Å².